The van der Waals surface area contributed by atoms with E-state index in [1.807, 2.05) is 39.0 Å². The van der Waals surface area contributed by atoms with E-state index >= 15 is 0 Å². The number of alkyl carbamates (subject to hydrolysis) is 1. The molecule has 0 bridgehead atoms. The summed E-state index contributed by atoms with van der Waals surface area (Å²) in [7, 11) is 1.59. The van der Waals surface area contributed by atoms with Crippen LogP contribution in [-0.2, 0) is 17.6 Å². The van der Waals surface area contributed by atoms with E-state index in [-0.39, 0.29) is 0 Å². The van der Waals surface area contributed by atoms with Crippen LogP contribution in [0.2, 0.25) is 0 Å². The summed E-state index contributed by atoms with van der Waals surface area (Å²) >= 11 is 0. The first kappa shape index (κ1) is 18.9. The summed E-state index contributed by atoms with van der Waals surface area (Å²) in [4.78, 5) is 11.6. The van der Waals surface area contributed by atoms with Gasteiger partial charge in [0.2, 0.25) is 0 Å². The normalized spacial score (nSPS) is 16.8. The third-order valence-corrected chi connectivity index (χ3v) is 4.08. The van der Waals surface area contributed by atoms with Crippen molar-refractivity contribution in [1.29, 1.82) is 5.26 Å². The molecule has 1 unspecified atom stereocenters. The Morgan fingerprint density at radius 3 is 2.80 bits per heavy atom. The number of nitrogens with zero attached hydrogens (tertiary/aromatic N) is 1. The molecule has 2 rings (SSSR count). The number of fused-ring (bicyclic) bond motifs is 1. The summed E-state index contributed by atoms with van der Waals surface area (Å²) in [6.07, 6.45) is 6.61. The first-order chi connectivity index (χ1) is 11.8. The molecule has 1 N–H and O–H groups in total. The molecule has 1 aliphatic rings. The maximum absolute atomic E-state index is 11.6. The molecular formula is C20H26N2O3. The Labute approximate surface area is 149 Å². The Kier molecular flexibility index (Phi) is 6.08. The smallest absolute Gasteiger partial charge is 0.407 e. The Morgan fingerprint density at radius 2 is 2.16 bits per heavy atom. The minimum atomic E-state index is -0.484. The number of ether oxygens (including phenoxy) is 2. The van der Waals surface area contributed by atoms with Gasteiger partial charge in [0.15, 0.2) is 0 Å². The number of hydrogen-bond donors (Lipinski definition) is 1. The standard InChI is InChI=1S/C20H26N2O3/c1-20(2,3)25-19(23)22-9-5-6-14-7-8-15-11-17(13-21)18(24-4)12-16(15)10-14/h5-6,11-12,14H,7-10H2,1-4H3,(H,22,23). The van der Waals surface area contributed by atoms with E-state index in [0.717, 1.165) is 19.3 Å². The van der Waals surface area contributed by atoms with E-state index in [9.17, 15) is 10.1 Å². The SMILES string of the molecule is COc1cc2c(cc1C#N)CCC(C=CCNC(=O)OC(C)(C)C)C2. The van der Waals surface area contributed by atoms with Gasteiger partial charge in [0, 0.05) is 6.54 Å². The molecular weight excluding hydrogens is 316 g/mol. The highest BCUT2D eigenvalue weighted by Crippen LogP contribution is 2.31. The van der Waals surface area contributed by atoms with Gasteiger partial charge in [-0.15, -0.1) is 0 Å². The van der Waals surface area contributed by atoms with Crippen molar-refractivity contribution >= 4 is 6.09 Å². The van der Waals surface area contributed by atoms with E-state index in [2.05, 4.69) is 17.5 Å². The van der Waals surface area contributed by atoms with Crippen LogP contribution in [0.1, 0.15) is 43.9 Å². The number of nitriles is 1. The van der Waals surface area contributed by atoms with Gasteiger partial charge < -0.3 is 14.8 Å². The van der Waals surface area contributed by atoms with Crippen molar-refractivity contribution in [2.75, 3.05) is 13.7 Å². The van der Waals surface area contributed by atoms with Gasteiger partial charge in [0.1, 0.15) is 17.4 Å². The minimum Gasteiger partial charge on any atom is -0.495 e. The molecule has 25 heavy (non-hydrogen) atoms. The topological polar surface area (TPSA) is 71.3 Å². The Balaban J connectivity index is 1.90. The fourth-order valence-electron chi connectivity index (χ4n) is 2.95. The van der Waals surface area contributed by atoms with Gasteiger partial charge >= 0.3 is 6.09 Å². The van der Waals surface area contributed by atoms with Crippen LogP contribution in [0.25, 0.3) is 0 Å². The Morgan fingerprint density at radius 1 is 1.40 bits per heavy atom. The highest BCUT2D eigenvalue weighted by atomic mass is 16.6. The zero-order valence-corrected chi connectivity index (χ0v) is 15.4. The molecule has 0 heterocycles. The predicted molar refractivity (Wildman–Crippen MR) is 96.6 cm³/mol. The zero-order valence-electron chi connectivity index (χ0n) is 15.4. The summed E-state index contributed by atoms with van der Waals surface area (Å²) < 4.78 is 10.5. The van der Waals surface area contributed by atoms with Crippen LogP contribution in [0, 0.1) is 17.2 Å². The molecule has 0 saturated heterocycles. The molecule has 5 nitrogen and oxygen atoms in total. The summed E-state index contributed by atoms with van der Waals surface area (Å²) in [6.45, 7) is 5.98. The average molecular weight is 342 g/mol. The van der Waals surface area contributed by atoms with Crippen LogP contribution in [0.4, 0.5) is 4.79 Å². The van der Waals surface area contributed by atoms with Crippen LogP contribution < -0.4 is 10.1 Å². The number of carbonyl (C=O) groups is 1. The molecule has 1 aromatic rings. The van der Waals surface area contributed by atoms with Crippen molar-refractivity contribution in [3.8, 4) is 11.8 Å². The molecule has 0 spiro atoms. The first-order valence-electron chi connectivity index (χ1n) is 8.56. The quantitative estimate of drug-likeness (QED) is 0.846. The fourth-order valence-corrected chi connectivity index (χ4v) is 2.95. The number of amides is 1. The lowest BCUT2D eigenvalue weighted by molar-refractivity contribution is 0.0534. The summed E-state index contributed by atoms with van der Waals surface area (Å²) in [5.74, 6) is 1.06. The number of benzene rings is 1. The predicted octanol–water partition coefficient (Wildman–Crippen LogP) is 3.75. The van der Waals surface area contributed by atoms with Gasteiger partial charge in [-0.3, -0.25) is 0 Å². The van der Waals surface area contributed by atoms with Crippen LogP contribution in [0.15, 0.2) is 24.3 Å². The van der Waals surface area contributed by atoms with E-state index < -0.39 is 11.7 Å². The lowest BCUT2D eigenvalue weighted by Crippen LogP contribution is -2.32. The average Bonchev–Trinajstić information content (AvgIpc) is 2.55. The molecule has 1 aromatic carbocycles. The lowest BCUT2D eigenvalue weighted by Gasteiger charge is -2.23. The molecule has 0 fully saturated rings. The number of aryl methyl sites for hydroxylation is 1. The van der Waals surface area contributed by atoms with Crippen molar-refractivity contribution in [3.63, 3.8) is 0 Å². The largest absolute Gasteiger partial charge is 0.495 e. The first-order valence-corrected chi connectivity index (χ1v) is 8.56. The third kappa shape index (κ3) is 5.53. The van der Waals surface area contributed by atoms with Gasteiger partial charge in [-0.2, -0.15) is 5.26 Å². The molecule has 1 amide bonds. The van der Waals surface area contributed by atoms with Crippen LogP contribution in [0.3, 0.4) is 0 Å². The number of hydrogen-bond acceptors (Lipinski definition) is 4. The molecule has 1 atom stereocenters. The lowest BCUT2D eigenvalue weighted by atomic mass is 9.83. The van der Waals surface area contributed by atoms with E-state index in [4.69, 9.17) is 9.47 Å². The summed E-state index contributed by atoms with van der Waals surface area (Å²) in [6, 6.07) is 6.11. The number of methoxy groups -OCH3 is 1. The van der Waals surface area contributed by atoms with Crippen molar-refractivity contribution < 1.29 is 14.3 Å². The summed E-state index contributed by atoms with van der Waals surface area (Å²) in [5.41, 5.74) is 2.57. The number of carbonyl (C=O) groups excluding carboxylic acids is 1. The van der Waals surface area contributed by atoms with Crippen LogP contribution in [0.5, 0.6) is 5.75 Å². The number of rotatable bonds is 4. The Hall–Kier alpha value is -2.48. The van der Waals surface area contributed by atoms with Gasteiger partial charge in [0.05, 0.1) is 12.7 Å². The fraction of sp³-hybridized carbons (Fsp3) is 0.500. The molecule has 5 heteroatoms. The number of nitrogens with one attached hydrogen (secondary N) is 1. The van der Waals surface area contributed by atoms with Gasteiger partial charge in [-0.1, -0.05) is 12.2 Å². The molecule has 134 valence electrons. The van der Waals surface area contributed by atoms with Gasteiger partial charge in [0.25, 0.3) is 0 Å². The van der Waals surface area contributed by atoms with Crippen molar-refractivity contribution in [1.82, 2.24) is 5.32 Å². The molecule has 0 aromatic heterocycles. The monoisotopic (exact) mass is 342 g/mol. The van der Waals surface area contributed by atoms with Crippen molar-refractivity contribution in [2.24, 2.45) is 5.92 Å². The maximum Gasteiger partial charge on any atom is 0.407 e. The van der Waals surface area contributed by atoms with E-state index in [1.54, 1.807) is 7.11 Å². The van der Waals surface area contributed by atoms with Gasteiger partial charge in [-0.05, 0) is 69.2 Å². The molecule has 0 radical (unpaired) electrons. The van der Waals surface area contributed by atoms with Crippen molar-refractivity contribution in [2.45, 2.75) is 45.6 Å². The summed E-state index contributed by atoms with van der Waals surface area (Å²) in [5, 5.41) is 11.9. The Bertz CT molecular complexity index is 696. The second kappa shape index (κ2) is 8.06. The second-order valence-corrected chi connectivity index (χ2v) is 7.25. The molecule has 1 aliphatic carbocycles. The minimum absolute atomic E-state index is 0.403. The maximum atomic E-state index is 11.6. The van der Waals surface area contributed by atoms with Gasteiger partial charge in [-0.25, -0.2) is 4.79 Å². The third-order valence-electron chi connectivity index (χ3n) is 4.08. The van der Waals surface area contributed by atoms with Crippen LogP contribution >= 0.6 is 0 Å². The van der Waals surface area contributed by atoms with Crippen LogP contribution in [-0.4, -0.2) is 25.3 Å². The molecule has 0 aliphatic heterocycles. The van der Waals surface area contributed by atoms with E-state index in [1.165, 1.54) is 11.1 Å². The van der Waals surface area contributed by atoms with E-state index in [0.29, 0.717) is 23.8 Å². The highest BCUT2D eigenvalue weighted by Gasteiger charge is 2.19. The highest BCUT2D eigenvalue weighted by molar-refractivity contribution is 5.67. The second-order valence-electron chi connectivity index (χ2n) is 7.25. The zero-order chi connectivity index (χ0) is 18.4. The molecule has 0 saturated carbocycles. The number of allylic oxidation sites excluding steroid dienone is 1. The van der Waals surface area contributed by atoms with Crippen molar-refractivity contribution in [3.05, 3.63) is 41.0 Å².